The number of pyridine rings is 2. The summed E-state index contributed by atoms with van der Waals surface area (Å²) in [5, 5.41) is 0.784. The smallest absolute Gasteiger partial charge is 0.253 e. The number of likely N-dealkylation sites (tertiary alicyclic amines) is 1. The van der Waals surface area contributed by atoms with Gasteiger partial charge in [-0.3, -0.25) is 9.59 Å². The van der Waals surface area contributed by atoms with Crippen LogP contribution in [0.15, 0.2) is 89.6 Å². The molecule has 1 aliphatic heterocycles. The van der Waals surface area contributed by atoms with E-state index in [1.807, 2.05) is 30.3 Å². The summed E-state index contributed by atoms with van der Waals surface area (Å²) >= 11 is 0. The van der Waals surface area contributed by atoms with Gasteiger partial charge in [-0.15, -0.1) is 0 Å². The number of ketones is 1. The summed E-state index contributed by atoms with van der Waals surface area (Å²) in [6.07, 6.45) is 6.12. The van der Waals surface area contributed by atoms with E-state index in [0.29, 0.717) is 40.3 Å². The molecule has 7 nitrogen and oxygen atoms in total. The summed E-state index contributed by atoms with van der Waals surface area (Å²) in [4.78, 5) is 34.8. The van der Waals surface area contributed by atoms with Crippen molar-refractivity contribution in [2.45, 2.75) is 31.6 Å². The summed E-state index contributed by atoms with van der Waals surface area (Å²) < 4.78 is 47.0. The molecule has 45 heavy (non-hydrogen) atoms. The number of hydrogen-bond acceptors (Lipinski definition) is 6. The van der Waals surface area contributed by atoms with Gasteiger partial charge < -0.3 is 15.1 Å². The van der Waals surface area contributed by atoms with Crippen molar-refractivity contribution in [1.82, 2.24) is 14.9 Å². The van der Waals surface area contributed by atoms with Crippen LogP contribution in [0.2, 0.25) is 0 Å². The predicted octanol–water partition coefficient (Wildman–Crippen LogP) is 7.36. The number of anilines is 1. The first kappa shape index (κ1) is 29.8. The molecular formula is C35H29F3N4O3. The highest BCUT2D eigenvalue weighted by molar-refractivity contribution is 5.98. The lowest BCUT2D eigenvalue weighted by Crippen LogP contribution is -2.42. The Labute approximate surface area is 257 Å². The van der Waals surface area contributed by atoms with Crippen molar-refractivity contribution in [3.05, 3.63) is 108 Å². The number of carbonyl (C=O) groups excluding carboxylic acids is 2. The number of piperidine rings is 1. The standard InChI is InChI=1S/C35H29F3N4O3/c36-31-11-7-25(21-40-31)30-19-26(23-3-5-24(6-4-23)34(44)42-15-13-35(37,38)14-16-42)17-27-18-29(45-33(27)30)10-9-28(43)8-1-22-2-12-32(39)41-20-22/h1-8,11-12,17-21H,9-10,13-16H2,(H2,39,41)/b8-1+. The molecule has 1 aliphatic rings. The predicted molar refractivity (Wildman–Crippen MR) is 166 cm³/mol. The third-order valence-corrected chi connectivity index (χ3v) is 7.84. The number of carbonyl (C=O) groups is 2. The van der Waals surface area contributed by atoms with Crippen LogP contribution >= 0.6 is 0 Å². The molecule has 0 radical (unpaired) electrons. The summed E-state index contributed by atoms with van der Waals surface area (Å²) in [5.41, 5.74) is 10.3. The largest absolute Gasteiger partial charge is 0.460 e. The number of nitrogen functional groups attached to an aromatic ring is 1. The first-order valence-electron chi connectivity index (χ1n) is 14.5. The van der Waals surface area contributed by atoms with Gasteiger partial charge in [0.05, 0.1) is 0 Å². The third-order valence-electron chi connectivity index (χ3n) is 7.84. The molecule has 0 spiro atoms. The maximum Gasteiger partial charge on any atom is 0.253 e. The van der Waals surface area contributed by atoms with Crippen molar-refractivity contribution >= 4 is 34.6 Å². The van der Waals surface area contributed by atoms with Gasteiger partial charge in [0.1, 0.15) is 17.2 Å². The minimum atomic E-state index is -2.73. The van der Waals surface area contributed by atoms with Crippen LogP contribution in [-0.2, 0) is 11.2 Å². The average Bonchev–Trinajstić information content (AvgIpc) is 3.46. The van der Waals surface area contributed by atoms with Crippen molar-refractivity contribution in [2.75, 3.05) is 18.8 Å². The summed E-state index contributed by atoms with van der Waals surface area (Å²) in [5.74, 6) is -2.68. The molecule has 0 aliphatic carbocycles. The van der Waals surface area contributed by atoms with Gasteiger partial charge in [0, 0.05) is 73.2 Å². The number of halogens is 3. The van der Waals surface area contributed by atoms with Crippen molar-refractivity contribution < 1.29 is 27.2 Å². The van der Waals surface area contributed by atoms with Gasteiger partial charge in [-0.05, 0) is 83.4 Å². The molecule has 2 aromatic carbocycles. The number of nitrogens with zero attached hydrogens (tertiary/aromatic N) is 3. The molecule has 2 N–H and O–H groups in total. The molecule has 3 aromatic heterocycles. The minimum Gasteiger partial charge on any atom is -0.460 e. The highest BCUT2D eigenvalue weighted by atomic mass is 19.3. The third kappa shape index (κ3) is 6.95. The number of allylic oxidation sites excluding steroid dienone is 1. The minimum absolute atomic E-state index is 0.0179. The fourth-order valence-electron chi connectivity index (χ4n) is 5.30. The van der Waals surface area contributed by atoms with Gasteiger partial charge in [0.25, 0.3) is 11.8 Å². The van der Waals surface area contributed by atoms with E-state index in [-0.39, 0.29) is 44.0 Å². The number of benzene rings is 2. The van der Waals surface area contributed by atoms with Gasteiger partial charge in [-0.25, -0.2) is 18.7 Å². The second-order valence-corrected chi connectivity index (χ2v) is 11.1. The quantitative estimate of drug-likeness (QED) is 0.145. The maximum atomic E-state index is 13.7. The van der Waals surface area contributed by atoms with Gasteiger partial charge in [0.15, 0.2) is 5.78 Å². The first-order valence-corrected chi connectivity index (χ1v) is 14.5. The normalized spacial score (nSPS) is 14.7. The Morgan fingerprint density at radius 1 is 0.911 bits per heavy atom. The van der Waals surface area contributed by atoms with E-state index < -0.39 is 11.9 Å². The Bertz CT molecular complexity index is 1870. The zero-order chi connectivity index (χ0) is 31.6. The van der Waals surface area contributed by atoms with Crippen LogP contribution in [0.5, 0.6) is 0 Å². The lowest BCUT2D eigenvalue weighted by Gasteiger charge is -2.31. The number of alkyl halides is 2. The SMILES string of the molecule is Nc1ccc(/C=C/C(=O)CCc2cc3cc(-c4ccc(C(=O)N5CCC(F)(F)CC5)cc4)cc(-c4ccc(F)nc4)c3o2)cn1. The van der Waals surface area contributed by atoms with E-state index in [1.165, 1.54) is 23.2 Å². The Hall–Kier alpha value is -5.25. The van der Waals surface area contributed by atoms with Crippen LogP contribution in [0, 0.1) is 5.95 Å². The number of fused-ring (bicyclic) bond motifs is 1. The second-order valence-electron chi connectivity index (χ2n) is 11.1. The van der Waals surface area contributed by atoms with E-state index in [1.54, 1.807) is 42.6 Å². The Balaban J connectivity index is 1.24. The Morgan fingerprint density at radius 2 is 1.67 bits per heavy atom. The molecular weight excluding hydrogens is 581 g/mol. The zero-order valence-corrected chi connectivity index (χ0v) is 24.2. The second kappa shape index (κ2) is 12.4. The van der Waals surface area contributed by atoms with Crippen molar-refractivity contribution in [2.24, 2.45) is 0 Å². The molecule has 1 fully saturated rings. The van der Waals surface area contributed by atoms with Crippen LogP contribution in [0.4, 0.5) is 19.0 Å². The lowest BCUT2D eigenvalue weighted by molar-refractivity contribution is -0.114. The van der Waals surface area contributed by atoms with E-state index in [0.717, 1.165) is 22.1 Å². The fourth-order valence-corrected chi connectivity index (χ4v) is 5.30. The van der Waals surface area contributed by atoms with Crippen LogP contribution in [0.1, 0.15) is 40.9 Å². The number of nitrogens with two attached hydrogens (primary N) is 1. The number of furan rings is 1. The summed E-state index contributed by atoms with van der Waals surface area (Å²) in [6, 6.07) is 19.1. The number of aromatic nitrogens is 2. The molecule has 1 amide bonds. The number of hydrogen-bond donors (Lipinski definition) is 1. The molecule has 5 aromatic rings. The molecule has 1 saturated heterocycles. The van der Waals surface area contributed by atoms with Crippen molar-refractivity contribution in [3.63, 3.8) is 0 Å². The van der Waals surface area contributed by atoms with Crippen LogP contribution in [0.25, 0.3) is 39.3 Å². The Morgan fingerprint density at radius 3 is 2.36 bits per heavy atom. The van der Waals surface area contributed by atoms with Gasteiger partial charge in [-0.2, -0.15) is 4.39 Å². The van der Waals surface area contributed by atoms with Crippen LogP contribution < -0.4 is 5.73 Å². The highest BCUT2D eigenvalue weighted by Crippen LogP contribution is 2.36. The van der Waals surface area contributed by atoms with E-state index in [2.05, 4.69) is 9.97 Å². The first-order chi connectivity index (χ1) is 21.6. The fraction of sp³-hybridized carbons (Fsp3) is 0.200. The summed E-state index contributed by atoms with van der Waals surface area (Å²) in [6.45, 7) is 0.0359. The average molecular weight is 611 g/mol. The van der Waals surface area contributed by atoms with Crippen molar-refractivity contribution in [1.29, 1.82) is 0 Å². The molecule has 6 rings (SSSR count). The van der Waals surface area contributed by atoms with E-state index in [4.69, 9.17) is 10.2 Å². The van der Waals surface area contributed by atoms with Gasteiger partial charge >= 0.3 is 0 Å². The van der Waals surface area contributed by atoms with Crippen molar-refractivity contribution in [3.8, 4) is 22.3 Å². The maximum absolute atomic E-state index is 13.7. The van der Waals surface area contributed by atoms with Crippen LogP contribution in [0.3, 0.4) is 0 Å². The van der Waals surface area contributed by atoms with Gasteiger partial charge in [-0.1, -0.05) is 12.1 Å². The van der Waals surface area contributed by atoms with Gasteiger partial charge in [0.2, 0.25) is 5.95 Å². The molecule has 0 bridgehead atoms. The molecule has 228 valence electrons. The Kier molecular flexibility index (Phi) is 8.21. The molecule has 10 heteroatoms. The molecule has 0 unspecified atom stereocenters. The topological polar surface area (TPSA) is 102 Å². The molecule has 0 saturated carbocycles. The molecule has 0 atom stereocenters. The van der Waals surface area contributed by atoms with E-state index >= 15 is 0 Å². The monoisotopic (exact) mass is 610 g/mol. The molecule has 4 heterocycles. The summed E-state index contributed by atoms with van der Waals surface area (Å²) in [7, 11) is 0. The number of amides is 1. The highest BCUT2D eigenvalue weighted by Gasteiger charge is 2.35. The van der Waals surface area contributed by atoms with Crippen LogP contribution in [-0.4, -0.2) is 45.6 Å². The number of rotatable bonds is 8. The number of aryl methyl sites for hydroxylation is 1. The zero-order valence-electron chi connectivity index (χ0n) is 24.2. The lowest BCUT2D eigenvalue weighted by atomic mass is 9.96. The van der Waals surface area contributed by atoms with E-state index in [9.17, 15) is 22.8 Å².